The molecule has 25 heavy (non-hydrogen) atoms. The number of rotatable bonds is 4. The van der Waals surface area contributed by atoms with Crippen molar-refractivity contribution in [3.05, 3.63) is 66.1 Å². The van der Waals surface area contributed by atoms with Gasteiger partial charge in [0, 0.05) is 51.2 Å². The molecule has 0 atom stereocenters. The van der Waals surface area contributed by atoms with Crippen LogP contribution in [0.5, 0.6) is 0 Å². The molecule has 1 aliphatic heterocycles. The minimum Gasteiger partial charge on any atom is -0.338 e. The number of anilines is 1. The summed E-state index contributed by atoms with van der Waals surface area (Å²) in [6.07, 6.45) is 3.74. The van der Waals surface area contributed by atoms with Gasteiger partial charge < -0.3 is 4.90 Å². The maximum absolute atomic E-state index is 4.69. The lowest BCUT2D eigenvalue weighted by molar-refractivity contribution is 0.248. The van der Waals surface area contributed by atoms with Gasteiger partial charge in [0.15, 0.2) is 5.82 Å². The lowest BCUT2D eigenvalue weighted by Crippen LogP contribution is -2.46. The molecule has 0 aliphatic carbocycles. The molecule has 3 aromatic rings. The zero-order valence-electron chi connectivity index (χ0n) is 14.4. The first-order valence-corrected chi connectivity index (χ1v) is 8.65. The van der Waals surface area contributed by atoms with E-state index >= 15 is 0 Å². The first-order chi connectivity index (χ1) is 12.3. The van der Waals surface area contributed by atoms with Gasteiger partial charge in [0.2, 0.25) is 5.95 Å². The average Bonchev–Trinajstić information content (AvgIpc) is 3.10. The number of hydrogen-bond donors (Lipinski definition) is 0. The van der Waals surface area contributed by atoms with E-state index in [0.717, 1.165) is 50.2 Å². The molecule has 0 radical (unpaired) electrons. The van der Waals surface area contributed by atoms with Crippen LogP contribution in [-0.2, 0) is 6.54 Å². The highest BCUT2D eigenvalue weighted by molar-refractivity contribution is 5.35. The van der Waals surface area contributed by atoms with E-state index < -0.39 is 0 Å². The molecule has 3 heterocycles. The Bertz CT molecular complexity index is 821. The fourth-order valence-corrected chi connectivity index (χ4v) is 3.11. The van der Waals surface area contributed by atoms with Crippen LogP contribution in [0, 0.1) is 6.92 Å². The molecule has 0 spiro atoms. The van der Waals surface area contributed by atoms with Crippen LogP contribution in [0.15, 0.2) is 54.9 Å². The van der Waals surface area contributed by atoms with Crippen LogP contribution in [0.2, 0.25) is 0 Å². The smallest absolute Gasteiger partial charge is 0.227 e. The van der Waals surface area contributed by atoms with Crippen LogP contribution in [0.3, 0.4) is 0 Å². The number of piperazine rings is 1. The minimum atomic E-state index is 0.782. The molecule has 1 aromatic carbocycles. The number of nitrogens with zero attached hydrogens (tertiary/aromatic N) is 6. The van der Waals surface area contributed by atoms with Gasteiger partial charge in [-0.25, -0.2) is 9.67 Å². The van der Waals surface area contributed by atoms with Crippen molar-refractivity contribution >= 4 is 5.95 Å². The predicted octanol–water partition coefficient (Wildman–Crippen LogP) is 2.29. The minimum absolute atomic E-state index is 0.782. The summed E-state index contributed by atoms with van der Waals surface area (Å²) in [6.45, 7) is 6.89. The first kappa shape index (κ1) is 15.8. The quantitative estimate of drug-likeness (QED) is 0.733. The fourth-order valence-electron chi connectivity index (χ4n) is 3.11. The van der Waals surface area contributed by atoms with Gasteiger partial charge in [-0.2, -0.15) is 10.1 Å². The maximum atomic E-state index is 4.69. The standard InChI is InChI=1S/C19H22N6/c1-16-8-10-25(22-16)18-7-9-20-19(21-18)24-13-11-23(12-14-24)15-17-5-3-2-4-6-17/h2-10H,11-15H2,1H3. The van der Waals surface area contributed by atoms with Crippen molar-refractivity contribution in [2.24, 2.45) is 0 Å². The highest BCUT2D eigenvalue weighted by atomic mass is 15.4. The van der Waals surface area contributed by atoms with Gasteiger partial charge in [-0.05, 0) is 18.6 Å². The summed E-state index contributed by atoms with van der Waals surface area (Å²) in [4.78, 5) is 13.9. The van der Waals surface area contributed by atoms with E-state index in [4.69, 9.17) is 0 Å². The van der Waals surface area contributed by atoms with E-state index in [-0.39, 0.29) is 0 Å². The highest BCUT2D eigenvalue weighted by Crippen LogP contribution is 2.15. The Morgan fingerprint density at radius 2 is 1.76 bits per heavy atom. The van der Waals surface area contributed by atoms with Gasteiger partial charge in [-0.1, -0.05) is 30.3 Å². The van der Waals surface area contributed by atoms with Crippen molar-refractivity contribution in [3.63, 3.8) is 0 Å². The third kappa shape index (κ3) is 3.69. The monoisotopic (exact) mass is 334 g/mol. The van der Waals surface area contributed by atoms with Crippen LogP contribution >= 0.6 is 0 Å². The molecule has 6 heteroatoms. The van der Waals surface area contributed by atoms with Gasteiger partial charge in [-0.3, -0.25) is 4.90 Å². The van der Waals surface area contributed by atoms with Crippen LogP contribution in [0.4, 0.5) is 5.95 Å². The molecular formula is C19H22N6. The second kappa shape index (κ2) is 7.03. The van der Waals surface area contributed by atoms with Crippen molar-refractivity contribution in [3.8, 4) is 5.82 Å². The molecule has 0 saturated carbocycles. The van der Waals surface area contributed by atoms with Gasteiger partial charge in [0.1, 0.15) is 0 Å². The van der Waals surface area contributed by atoms with Gasteiger partial charge in [0.25, 0.3) is 0 Å². The number of benzene rings is 1. The Balaban J connectivity index is 1.41. The normalized spacial score (nSPS) is 15.5. The molecule has 1 saturated heterocycles. The van der Waals surface area contributed by atoms with Crippen molar-refractivity contribution in [1.82, 2.24) is 24.6 Å². The summed E-state index contributed by atoms with van der Waals surface area (Å²) in [5, 5.41) is 4.43. The number of aromatic nitrogens is 4. The van der Waals surface area contributed by atoms with Crippen LogP contribution in [0.1, 0.15) is 11.3 Å². The van der Waals surface area contributed by atoms with E-state index in [1.54, 1.807) is 4.68 Å². The summed E-state index contributed by atoms with van der Waals surface area (Å²) in [5.74, 6) is 1.59. The van der Waals surface area contributed by atoms with Crippen molar-refractivity contribution in [1.29, 1.82) is 0 Å². The van der Waals surface area contributed by atoms with Gasteiger partial charge in [0.05, 0.1) is 5.69 Å². The Morgan fingerprint density at radius 1 is 0.960 bits per heavy atom. The molecule has 0 bridgehead atoms. The fraction of sp³-hybridized carbons (Fsp3) is 0.316. The van der Waals surface area contributed by atoms with Crippen molar-refractivity contribution in [2.45, 2.75) is 13.5 Å². The number of aryl methyl sites for hydroxylation is 1. The summed E-state index contributed by atoms with van der Waals surface area (Å²) in [6, 6.07) is 14.5. The highest BCUT2D eigenvalue weighted by Gasteiger charge is 2.19. The van der Waals surface area contributed by atoms with Crippen LogP contribution in [0.25, 0.3) is 5.82 Å². The van der Waals surface area contributed by atoms with Crippen molar-refractivity contribution < 1.29 is 0 Å². The summed E-state index contributed by atoms with van der Waals surface area (Å²) < 4.78 is 1.80. The molecule has 1 aliphatic rings. The average molecular weight is 334 g/mol. The molecule has 0 amide bonds. The second-order valence-electron chi connectivity index (χ2n) is 6.37. The molecule has 2 aromatic heterocycles. The first-order valence-electron chi connectivity index (χ1n) is 8.65. The third-order valence-corrected chi connectivity index (χ3v) is 4.49. The van der Waals surface area contributed by atoms with E-state index in [2.05, 4.69) is 55.2 Å². The van der Waals surface area contributed by atoms with Gasteiger partial charge >= 0.3 is 0 Å². The van der Waals surface area contributed by atoms with E-state index in [9.17, 15) is 0 Å². The lowest BCUT2D eigenvalue weighted by atomic mass is 10.2. The van der Waals surface area contributed by atoms with Crippen LogP contribution < -0.4 is 4.90 Å². The van der Waals surface area contributed by atoms with E-state index in [1.165, 1.54) is 5.56 Å². The topological polar surface area (TPSA) is 50.1 Å². The SMILES string of the molecule is Cc1ccn(-c2ccnc(N3CCN(Cc4ccccc4)CC3)n2)n1. The van der Waals surface area contributed by atoms with Crippen molar-refractivity contribution in [2.75, 3.05) is 31.1 Å². The third-order valence-electron chi connectivity index (χ3n) is 4.49. The molecule has 128 valence electrons. The zero-order chi connectivity index (χ0) is 17.1. The molecular weight excluding hydrogens is 312 g/mol. The predicted molar refractivity (Wildman–Crippen MR) is 97.8 cm³/mol. The Hall–Kier alpha value is -2.73. The summed E-state index contributed by atoms with van der Waals surface area (Å²) in [5.41, 5.74) is 2.35. The van der Waals surface area contributed by atoms with Gasteiger partial charge in [-0.15, -0.1) is 0 Å². The Kier molecular flexibility index (Phi) is 4.43. The lowest BCUT2D eigenvalue weighted by Gasteiger charge is -2.34. The number of hydrogen-bond acceptors (Lipinski definition) is 5. The van der Waals surface area contributed by atoms with E-state index in [0.29, 0.717) is 0 Å². The Labute approximate surface area is 147 Å². The molecule has 0 N–H and O–H groups in total. The Morgan fingerprint density at radius 3 is 2.48 bits per heavy atom. The second-order valence-corrected chi connectivity index (χ2v) is 6.37. The summed E-state index contributed by atoms with van der Waals surface area (Å²) >= 11 is 0. The molecule has 6 nitrogen and oxygen atoms in total. The largest absolute Gasteiger partial charge is 0.338 e. The maximum Gasteiger partial charge on any atom is 0.227 e. The zero-order valence-corrected chi connectivity index (χ0v) is 14.4. The molecule has 4 rings (SSSR count). The van der Waals surface area contributed by atoms with Crippen LogP contribution in [-0.4, -0.2) is 50.8 Å². The summed E-state index contributed by atoms with van der Waals surface area (Å²) in [7, 11) is 0. The molecule has 1 fully saturated rings. The van der Waals surface area contributed by atoms with E-state index in [1.807, 2.05) is 31.5 Å². The molecule has 0 unspecified atom stereocenters.